The van der Waals surface area contributed by atoms with Gasteiger partial charge in [0.15, 0.2) is 0 Å². The first-order valence-electron chi connectivity index (χ1n) is 25.8. The van der Waals surface area contributed by atoms with Crippen molar-refractivity contribution in [3.05, 3.63) is 110 Å². The molecule has 4 fully saturated rings. The van der Waals surface area contributed by atoms with Crippen LogP contribution in [0.5, 0.6) is 11.5 Å². The predicted molar refractivity (Wildman–Crippen MR) is 290 cm³/mol. The number of aromatic nitrogens is 1. The van der Waals surface area contributed by atoms with Crippen molar-refractivity contribution in [1.29, 1.82) is 0 Å². The Morgan fingerprint density at radius 3 is 2.38 bits per heavy atom. The lowest BCUT2D eigenvalue weighted by Gasteiger charge is -2.30. The van der Waals surface area contributed by atoms with Crippen molar-refractivity contribution >= 4 is 74.2 Å². The number of urea groups is 1. The summed E-state index contributed by atoms with van der Waals surface area (Å²) in [5.41, 5.74) is 0.188. The van der Waals surface area contributed by atoms with E-state index in [4.69, 9.17) is 14.5 Å². The smallest absolute Gasteiger partial charge is 0.315 e. The second-order valence-electron chi connectivity index (χ2n) is 19.6. The van der Waals surface area contributed by atoms with Gasteiger partial charge in [-0.2, -0.15) is 11.8 Å². The van der Waals surface area contributed by atoms with Crippen LogP contribution in [0.3, 0.4) is 0 Å². The number of methoxy groups -OCH3 is 1. The van der Waals surface area contributed by atoms with Gasteiger partial charge < -0.3 is 46.3 Å². The van der Waals surface area contributed by atoms with Crippen LogP contribution >= 0.6 is 11.8 Å². The maximum absolute atomic E-state index is 14.9. The second-order valence-corrected chi connectivity index (χ2v) is 22.5. The Balaban J connectivity index is 0.946. The zero-order valence-corrected chi connectivity index (χ0v) is 44.4. The largest absolute Gasteiger partial charge is 0.497 e. The third kappa shape index (κ3) is 13.8. The minimum atomic E-state index is -4.36. The highest BCUT2D eigenvalue weighted by Gasteiger charge is 2.61. The normalized spacial score (nSPS) is 22.6. The topological polar surface area (TPSA) is 272 Å². The average Bonchev–Trinajstić information content (AvgIpc) is 3.82. The number of thioether (sulfide) groups is 1. The lowest BCUT2D eigenvalue weighted by Crippen LogP contribution is -2.59. The lowest BCUT2D eigenvalue weighted by atomic mass is 10.0. The van der Waals surface area contributed by atoms with Gasteiger partial charge in [-0.1, -0.05) is 74.0 Å². The molecule has 0 radical (unpaired) electrons. The van der Waals surface area contributed by atoms with Crippen molar-refractivity contribution in [1.82, 2.24) is 46.5 Å². The molecule has 20 nitrogen and oxygen atoms in total. The van der Waals surface area contributed by atoms with Crippen LogP contribution in [0, 0.1) is 5.92 Å². The molecule has 3 aromatic carbocycles. The zero-order valence-electron chi connectivity index (χ0n) is 42.8. The predicted octanol–water partition coefficient (Wildman–Crippen LogP) is 4.01. The molecule has 4 heterocycles. The van der Waals surface area contributed by atoms with Crippen molar-refractivity contribution in [2.75, 3.05) is 32.5 Å². The quantitative estimate of drug-likeness (QED) is 0.0203. The molecular formula is C55H65N9O11S2. The Bertz CT molecular complexity index is 2990. The Hall–Kier alpha value is -7.46. The van der Waals surface area contributed by atoms with Gasteiger partial charge in [0, 0.05) is 72.4 Å². The monoisotopic (exact) mass is 1090 g/mol. The molecule has 1 aromatic heterocycles. The van der Waals surface area contributed by atoms with Gasteiger partial charge in [0.1, 0.15) is 35.2 Å². The number of carbonyl (C=O) groups is 7. The van der Waals surface area contributed by atoms with E-state index in [1.54, 1.807) is 37.4 Å². The molecule has 22 heteroatoms. The van der Waals surface area contributed by atoms with Crippen molar-refractivity contribution < 1.29 is 51.5 Å². The molecule has 408 valence electrons. The Kier molecular flexibility index (Phi) is 18.2. The van der Waals surface area contributed by atoms with E-state index in [1.165, 1.54) is 35.2 Å². The molecular weight excluding hydrogens is 1030 g/mol. The zero-order chi connectivity index (χ0) is 54.7. The van der Waals surface area contributed by atoms with Gasteiger partial charge in [-0.05, 0) is 62.4 Å². The average molecular weight is 1090 g/mol. The number of nitrogens with zero attached hydrogens (tertiary/aromatic N) is 2. The number of hydrogen-bond donors (Lipinski definition) is 7. The van der Waals surface area contributed by atoms with Crippen LogP contribution in [-0.2, 0) is 38.8 Å². The molecule has 4 aliphatic rings. The lowest BCUT2D eigenvalue weighted by molar-refractivity contribution is -0.142. The number of nitrogens with one attached hydrogen (secondary N) is 7. The van der Waals surface area contributed by atoms with E-state index in [9.17, 15) is 42.0 Å². The van der Waals surface area contributed by atoms with E-state index < -0.39 is 69.2 Å². The molecule has 8 atom stereocenters. The van der Waals surface area contributed by atoms with E-state index in [2.05, 4.69) is 49.8 Å². The standard InChI is InChI=1S/C55H65N9O11S2/c1-4-35-30-55(35,53(70)63-77(72,73)38-19-11-7-12-20-38)62-51(68)44-28-37(75-45-29-40(34-17-9-6-10-18-34)58-41-27-36(74-3)24-25-39(41)45)32-64(44)52(69)42(31-57-47(65)5-2)59-49(67)23-13-8-16-26-56-48(66)22-15-14-21-46-50-43(33-76-46)60-54(71)61-50/h4-7,9-12,17-20,24-25,27,29,35,37,42-44,46,50H,1-2,8,13-16,21-23,26,28,30-33H2,3H3,(H,56,66)(H,57,65)(H,59,67)(H,62,68)(H,63,70)(H2,60,61,71). The molecule has 3 aliphatic heterocycles. The first-order chi connectivity index (χ1) is 37.1. The van der Waals surface area contributed by atoms with Gasteiger partial charge in [0.05, 0.1) is 41.8 Å². The van der Waals surface area contributed by atoms with Crippen LogP contribution in [0.2, 0.25) is 0 Å². The molecule has 4 aromatic rings. The molecule has 0 bridgehead atoms. The number of hydrogen-bond acceptors (Lipinski definition) is 13. The molecule has 77 heavy (non-hydrogen) atoms. The highest BCUT2D eigenvalue weighted by Crippen LogP contribution is 2.45. The summed E-state index contributed by atoms with van der Waals surface area (Å²) in [6, 6.07) is 21.3. The van der Waals surface area contributed by atoms with Crippen molar-refractivity contribution in [3.63, 3.8) is 0 Å². The van der Waals surface area contributed by atoms with Gasteiger partial charge in [0.25, 0.3) is 15.9 Å². The molecule has 8 unspecified atom stereocenters. The summed E-state index contributed by atoms with van der Waals surface area (Å²) in [6.07, 6.45) is 6.05. The maximum Gasteiger partial charge on any atom is 0.315 e. The number of pyridine rings is 1. The van der Waals surface area contributed by atoms with Crippen LogP contribution in [0.4, 0.5) is 4.79 Å². The maximum atomic E-state index is 14.9. The number of fused-ring (bicyclic) bond motifs is 2. The summed E-state index contributed by atoms with van der Waals surface area (Å²) in [6.45, 7) is 7.17. The first kappa shape index (κ1) is 55.8. The third-order valence-corrected chi connectivity index (χ3v) is 17.2. The number of carbonyl (C=O) groups excluding carboxylic acids is 7. The molecule has 1 aliphatic carbocycles. The van der Waals surface area contributed by atoms with Gasteiger partial charge in [-0.3, -0.25) is 28.8 Å². The van der Waals surface area contributed by atoms with Gasteiger partial charge >= 0.3 is 6.03 Å². The van der Waals surface area contributed by atoms with Gasteiger partial charge in [-0.25, -0.2) is 22.9 Å². The molecule has 3 saturated heterocycles. The SMILES string of the molecule is C=CC(=O)NCC(NC(=O)CCCCCNC(=O)CCCCC1SCC2NC(=O)NC21)C(=O)N1CC(Oc2cc(-c3ccccc3)nc3cc(OC)ccc23)CC1C(=O)NC1(C(=O)NS(=O)(=O)c2ccccc2)CC1C=C. The molecule has 7 N–H and O–H groups in total. The van der Waals surface area contributed by atoms with Crippen LogP contribution in [0.1, 0.15) is 64.2 Å². The van der Waals surface area contributed by atoms with E-state index >= 15 is 0 Å². The second kappa shape index (κ2) is 25.1. The number of likely N-dealkylation sites (tertiary alicyclic amines) is 1. The summed E-state index contributed by atoms with van der Waals surface area (Å²) in [4.78, 5) is 100. The highest BCUT2D eigenvalue weighted by atomic mass is 32.2. The van der Waals surface area contributed by atoms with E-state index in [-0.39, 0.29) is 61.3 Å². The minimum absolute atomic E-state index is 0.00982. The Morgan fingerprint density at radius 1 is 0.909 bits per heavy atom. The Labute approximate surface area is 451 Å². The number of ether oxygens (including phenoxy) is 2. The van der Waals surface area contributed by atoms with Crippen LogP contribution in [0.25, 0.3) is 22.2 Å². The van der Waals surface area contributed by atoms with Crippen LogP contribution in [-0.4, -0.2) is 133 Å². The van der Waals surface area contributed by atoms with Crippen molar-refractivity contribution in [3.8, 4) is 22.8 Å². The fraction of sp³-hybridized carbons (Fsp3) is 0.418. The highest BCUT2D eigenvalue weighted by molar-refractivity contribution is 8.00. The van der Waals surface area contributed by atoms with Crippen molar-refractivity contribution in [2.45, 2.75) is 110 Å². The summed E-state index contributed by atoms with van der Waals surface area (Å²) in [5.74, 6) is -2.51. The molecule has 8 amide bonds. The summed E-state index contributed by atoms with van der Waals surface area (Å²) >= 11 is 1.84. The van der Waals surface area contributed by atoms with E-state index in [0.29, 0.717) is 65.6 Å². The fourth-order valence-corrected chi connectivity index (χ4v) is 12.6. The van der Waals surface area contributed by atoms with Crippen LogP contribution in [0.15, 0.2) is 115 Å². The summed E-state index contributed by atoms with van der Waals surface area (Å²) < 4.78 is 41.0. The summed E-state index contributed by atoms with van der Waals surface area (Å²) in [5, 5.41) is 17.9. The number of amides is 8. The molecule has 8 rings (SSSR count). The number of benzene rings is 3. The first-order valence-corrected chi connectivity index (χ1v) is 28.4. The third-order valence-electron chi connectivity index (χ3n) is 14.3. The number of sulfonamides is 1. The number of rotatable bonds is 26. The Morgan fingerprint density at radius 2 is 1.65 bits per heavy atom. The molecule has 0 spiro atoms. The van der Waals surface area contributed by atoms with Gasteiger partial charge in [0.2, 0.25) is 29.5 Å². The summed E-state index contributed by atoms with van der Waals surface area (Å²) in [7, 11) is -2.82. The van der Waals surface area contributed by atoms with Crippen molar-refractivity contribution in [2.24, 2.45) is 5.92 Å². The fourth-order valence-electron chi connectivity index (χ4n) is 10.0. The number of unbranched alkanes of at least 4 members (excludes halogenated alkanes) is 3. The van der Waals surface area contributed by atoms with Crippen LogP contribution < -0.4 is 46.1 Å². The van der Waals surface area contributed by atoms with Gasteiger partial charge in [-0.15, -0.1) is 6.58 Å². The van der Waals surface area contributed by atoms with E-state index in [0.717, 1.165) is 36.7 Å². The molecule has 1 saturated carbocycles. The van der Waals surface area contributed by atoms with E-state index in [1.807, 2.05) is 42.1 Å². The minimum Gasteiger partial charge on any atom is -0.497 e.